The largest absolute Gasteiger partial charge is 0.380 e. The summed E-state index contributed by atoms with van der Waals surface area (Å²) in [5, 5.41) is 8.04. The predicted octanol–water partition coefficient (Wildman–Crippen LogP) is 2.65. The quantitative estimate of drug-likeness (QED) is 0.887. The molecule has 1 aliphatic rings. The SMILES string of the molecule is CCCN1CCC(C(C)Nc2cn(C)nc2C)CC1. The number of hydrogen-bond donors (Lipinski definition) is 1. The first-order chi connectivity index (χ1) is 9.10. The van der Waals surface area contributed by atoms with Gasteiger partial charge in [-0.3, -0.25) is 4.68 Å². The van der Waals surface area contributed by atoms with E-state index in [1.165, 1.54) is 44.6 Å². The summed E-state index contributed by atoms with van der Waals surface area (Å²) >= 11 is 0. The van der Waals surface area contributed by atoms with Gasteiger partial charge in [0.05, 0.1) is 11.4 Å². The second kappa shape index (κ2) is 6.42. The molecule has 0 amide bonds. The molecule has 1 aromatic rings. The summed E-state index contributed by atoms with van der Waals surface area (Å²) in [4.78, 5) is 2.60. The molecular weight excluding hydrogens is 236 g/mol. The Labute approximate surface area is 117 Å². The second-order valence-corrected chi connectivity index (χ2v) is 5.91. The lowest BCUT2D eigenvalue weighted by Gasteiger charge is -2.35. The van der Waals surface area contributed by atoms with Crippen LogP contribution < -0.4 is 5.32 Å². The van der Waals surface area contributed by atoms with Crippen molar-refractivity contribution in [2.24, 2.45) is 13.0 Å². The number of nitrogens with one attached hydrogen (secondary N) is 1. The third kappa shape index (κ3) is 3.72. The Morgan fingerprint density at radius 1 is 1.42 bits per heavy atom. The van der Waals surface area contributed by atoms with Crippen molar-refractivity contribution >= 4 is 5.69 Å². The molecule has 4 heteroatoms. The van der Waals surface area contributed by atoms with Gasteiger partial charge in [0.1, 0.15) is 0 Å². The van der Waals surface area contributed by atoms with Gasteiger partial charge in [-0.25, -0.2) is 0 Å². The van der Waals surface area contributed by atoms with Gasteiger partial charge in [-0.1, -0.05) is 6.92 Å². The first-order valence-corrected chi connectivity index (χ1v) is 7.59. The Bertz CT molecular complexity index is 391. The third-order valence-electron chi connectivity index (χ3n) is 4.28. The highest BCUT2D eigenvalue weighted by atomic mass is 15.3. The number of rotatable bonds is 5. The Kier molecular flexibility index (Phi) is 4.86. The van der Waals surface area contributed by atoms with Crippen LogP contribution in [0.25, 0.3) is 0 Å². The third-order valence-corrected chi connectivity index (χ3v) is 4.28. The maximum absolute atomic E-state index is 4.39. The zero-order chi connectivity index (χ0) is 13.8. The summed E-state index contributed by atoms with van der Waals surface area (Å²) in [5.74, 6) is 0.785. The first kappa shape index (κ1) is 14.4. The molecule has 1 aliphatic heterocycles. The molecular formula is C15H28N4. The molecule has 19 heavy (non-hydrogen) atoms. The molecule has 2 heterocycles. The molecule has 0 radical (unpaired) electrons. The fourth-order valence-electron chi connectivity index (χ4n) is 3.10. The molecule has 0 bridgehead atoms. The van der Waals surface area contributed by atoms with Gasteiger partial charge in [-0.15, -0.1) is 0 Å². The summed E-state index contributed by atoms with van der Waals surface area (Å²) in [5.41, 5.74) is 2.28. The smallest absolute Gasteiger partial charge is 0.0825 e. The fraction of sp³-hybridized carbons (Fsp3) is 0.800. The minimum absolute atomic E-state index is 0.534. The minimum atomic E-state index is 0.534. The Hall–Kier alpha value is -1.03. The highest BCUT2D eigenvalue weighted by molar-refractivity contribution is 5.46. The minimum Gasteiger partial charge on any atom is -0.380 e. The van der Waals surface area contributed by atoms with Gasteiger partial charge in [0, 0.05) is 19.3 Å². The summed E-state index contributed by atoms with van der Waals surface area (Å²) < 4.78 is 1.88. The van der Waals surface area contributed by atoms with Crippen LogP contribution in [0.4, 0.5) is 5.69 Å². The molecule has 0 spiro atoms. The van der Waals surface area contributed by atoms with E-state index < -0.39 is 0 Å². The number of anilines is 1. The highest BCUT2D eigenvalue weighted by Gasteiger charge is 2.23. The van der Waals surface area contributed by atoms with E-state index in [1.807, 2.05) is 11.7 Å². The molecule has 4 nitrogen and oxygen atoms in total. The highest BCUT2D eigenvalue weighted by Crippen LogP contribution is 2.24. The number of likely N-dealkylation sites (tertiary alicyclic amines) is 1. The average molecular weight is 264 g/mol. The monoisotopic (exact) mass is 264 g/mol. The van der Waals surface area contributed by atoms with Crippen LogP contribution in [0.15, 0.2) is 6.20 Å². The van der Waals surface area contributed by atoms with Crippen LogP contribution in [0.1, 0.15) is 38.8 Å². The topological polar surface area (TPSA) is 33.1 Å². The van der Waals surface area contributed by atoms with Gasteiger partial charge in [0.2, 0.25) is 0 Å². The number of piperidine rings is 1. The van der Waals surface area contributed by atoms with Crippen LogP contribution in [0.2, 0.25) is 0 Å². The molecule has 1 atom stereocenters. The van der Waals surface area contributed by atoms with E-state index in [2.05, 4.69) is 42.3 Å². The van der Waals surface area contributed by atoms with E-state index in [-0.39, 0.29) is 0 Å². The van der Waals surface area contributed by atoms with E-state index in [9.17, 15) is 0 Å². The van der Waals surface area contributed by atoms with Crippen LogP contribution in [0.5, 0.6) is 0 Å². The van der Waals surface area contributed by atoms with Gasteiger partial charge < -0.3 is 10.2 Å². The summed E-state index contributed by atoms with van der Waals surface area (Å²) in [6.45, 7) is 10.4. The van der Waals surface area contributed by atoms with Crippen LogP contribution in [0.3, 0.4) is 0 Å². The van der Waals surface area contributed by atoms with Crippen molar-refractivity contribution in [1.29, 1.82) is 0 Å². The van der Waals surface area contributed by atoms with Crippen LogP contribution >= 0.6 is 0 Å². The molecule has 0 aliphatic carbocycles. The molecule has 0 saturated carbocycles. The standard InChI is InChI=1S/C15H28N4/c1-5-8-19-9-6-14(7-10-19)12(2)16-15-11-18(4)17-13(15)3/h11-12,14,16H,5-10H2,1-4H3. The summed E-state index contributed by atoms with van der Waals surface area (Å²) in [6.07, 6.45) is 5.98. The van der Waals surface area contributed by atoms with E-state index in [0.29, 0.717) is 6.04 Å². The molecule has 1 N–H and O–H groups in total. The zero-order valence-electron chi connectivity index (χ0n) is 12.8. The van der Waals surface area contributed by atoms with Crippen LogP contribution in [-0.2, 0) is 7.05 Å². The Morgan fingerprint density at radius 2 is 2.11 bits per heavy atom. The molecule has 2 rings (SSSR count). The van der Waals surface area contributed by atoms with E-state index in [1.54, 1.807) is 0 Å². The molecule has 108 valence electrons. The van der Waals surface area contributed by atoms with E-state index in [0.717, 1.165) is 11.6 Å². The van der Waals surface area contributed by atoms with Crippen LogP contribution in [-0.4, -0.2) is 40.4 Å². The first-order valence-electron chi connectivity index (χ1n) is 7.59. The number of aromatic nitrogens is 2. The van der Waals surface area contributed by atoms with Gasteiger partial charge in [-0.05, 0) is 58.7 Å². The lowest BCUT2D eigenvalue weighted by atomic mass is 9.90. The lowest BCUT2D eigenvalue weighted by molar-refractivity contribution is 0.176. The van der Waals surface area contributed by atoms with E-state index in [4.69, 9.17) is 0 Å². The average Bonchev–Trinajstić information content (AvgIpc) is 2.69. The normalized spacial score (nSPS) is 19.6. The molecule has 1 saturated heterocycles. The van der Waals surface area contributed by atoms with Gasteiger partial charge in [0.25, 0.3) is 0 Å². The van der Waals surface area contributed by atoms with Crippen LogP contribution in [0, 0.1) is 12.8 Å². The van der Waals surface area contributed by atoms with Gasteiger partial charge in [-0.2, -0.15) is 5.10 Å². The summed E-state index contributed by atoms with van der Waals surface area (Å²) in [6, 6.07) is 0.534. The maximum atomic E-state index is 4.39. The van der Waals surface area contributed by atoms with Crippen molar-refractivity contribution in [2.75, 3.05) is 25.0 Å². The number of aryl methyl sites for hydroxylation is 2. The van der Waals surface area contributed by atoms with Gasteiger partial charge >= 0.3 is 0 Å². The van der Waals surface area contributed by atoms with E-state index >= 15 is 0 Å². The van der Waals surface area contributed by atoms with Crippen molar-refractivity contribution in [1.82, 2.24) is 14.7 Å². The zero-order valence-corrected chi connectivity index (χ0v) is 12.8. The van der Waals surface area contributed by atoms with Gasteiger partial charge in [0.15, 0.2) is 0 Å². The number of nitrogens with zero attached hydrogens (tertiary/aromatic N) is 3. The molecule has 1 fully saturated rings. The molecule has 0 aromatic carbocycles. The van der Waals surface area contributed by atoms with Crippen molar-refractivity contribution in [3.05, 3.63) is 11.9 Å². The van der Waals surface area contributed by atoms with Crippen molar-refractivity contribution < 1.29 is 0 Å². The summed E-state index contributed by atoms with van der Waals surface area (Å²) in [7, 11) is 1.98. The fourth-order valence-corrected chi connectivity index (χ4v) is 3.10. The Balaban J connectivity index is 1.84. The van der Waals surface area contributed by atoms with Crippen molar-refractivity contribution in [2.45, 2.75) is 46.1 Å². The predicted molar refractivity (Wildman–Crippen MR) is 80.5 cm³/mol. The van der Waals surface area contributed by atoms with Crippen molar-refractivity contribution in [3.63, 3.8) is 0 Å². The number of hydrogen-bond acceptors (Lipinski definition) is 3. The lowest BCUT2D eigenvalue weighted by Crippen LogP contribution is -2.39. The molecule has 1 unspecified atom stereocenters. The maximum Gasteiger partial charge on any atom is 0.0825 e. The van der Waals surface area contributed by atoms with Crippen molar-refractivity contribution in [3.8, 4) is 0 Å². The Morgan fingerprint density at radius 3 is 2.63 bits per heavy atom. The second-order valence-electron chi connectivity index (χ2n) is 5.91. The molecule has 1 aromatic heterocycles.